The molecule has 0 aliphatic carbocycles. The van der Waals surface area contributed by atoms with Crippen LogP contribution in [0, 0.1) is 0 Å². The molecule has 1 fully saturated rings. The Balaban J connectivity index is 1.38. The molecular weight excluding hydrogens is 378 g/mol. The van der Waals surface area contributed by atoms with Gasteiger partial charge in [-0.1, -0.05) is 18.2 Å². The van der Waals surface area contributed by atoms with Crippen LogP contribution in [0.4, 0.5) is 0 Å². The molecule has 1 aromatic carbocycles. The molecule has 0 saturated carbocycles. The topological polar surface area (TPSA) is 55.2 Å². The normalized spacial score (nSPS) is 17.8. The average molecular weight is 400 g/mol. The van der Waals surface area contributed by atoms with Gasteiger partial charge in [0.1, 0.15) is 0 Å². The quantitative estimate of drug-likeness (QED) is 0.673. The van der Waals surface area contributed by atoms with Crippen LogP contribution in [0.15, 0.2) is 52.9 Å². The molecule has 0 unspecified atom stereocenters. The molecule has 0 N–H and O–H groups in total. The number of hydrogen-bond acceptors (Lipinski definition) is 5. The van der Waals surface area contributed by atoms with E-state index in [1.54, 1.807) is 28.3 Å². The van der Waals surface area contributed by atoms with Crippen LogP contribution >= 0.6 is 23.1 Å². The van der Waals surface area contributed by atoms with Gasteiger partial charge in [-0.2, -0.15) is 11.8 Å². The van der Waals surface area contributed by atoms with E-state index in [1.807, 2.05) is 34.9 Å². The zero-order valence-electron chi connectivity index (χ0n) is 14.9. The van der Waals surface area contributed by atoms with Gasteiger partial charge in [0.05, 0.1) is 17.2 Å². The Kier molecular flexibility index (Phi) is 5.59. The lowest BCUT2D eigenvalue weighted by atomic mass is 10.2. The van der Waals surface area contributed by atoms with Crippen molar-refractivity contribution in [3.63, 3.8) is 0 Å². The van der Waals surface area contributed by atoms with E-state index in [0.29, 0.717) is 29.1 Å². The van der Waals surface area contributed by atoms with Gasteiger partial charge in [0.15, 0.2) is 0 Å². The van der Waals surface area contributed by atoms with E-state index in [4.69, 9.17) is 0 Å². The number of nitrogens with zero attached hydrogens (tertiary/aromatic N) is 3. The van der Waals surface area contributed by atoms with Crippen molar-refractivity contribution in [2.24, 2.45) is 0 Å². The maximum Gasteiger partial charge on any atom is 0.261 e. The molecule has 0 radical (unpaired) electrons. The van der Waals surface area contributed by atoms with Gasteiger partial charge in [-0.3, -0.25) is 14.2 Å². The number of aromatic nitrogens is 2. The van der Waals surface area contributed by atoms with Gasteiger partial charge >= 0.3 is 0 Å². The SMILES string of the molecule is O=C(CCn1cnc2ccccc2c1=O)N1CCS[C@@H](c2cccs2)CC1. The third kappa shape index (κ3) is 4.09. The molecule has 7 heteroatoms. The fourth-order valence-electron chi connectivity index (χ4n) is 3.36. The highest BCUT2D eigenvalue weighted by molar-refractivity contribution is 7.99. The second kappa shape index (κ2) is 8.27. The summed E-state index contributed by atoms with van der Waals surface area (Å²) < 4.78 is 1.54. The molecule has 1 aliphatic rings. The van der Waals surface area contributed by atoms with Crippen LogP contribution in [0.1, 0.15) is 23.0 Å². The summed E-state index contributed by atoms with van der Waals surface area (Å²) in [6.07, 6.45) is 2.85. The van der Waals surface area contributed by atoms with Crippen LogP contribution in [-0.2, 0) is 11.3 Å². The number of thiophene rings is 1. The first kappa shape index (κ1) is 18.3. The number of carbonyl (C=O) groups is 1. The highest BCUT2D eigenvalue weighted by Crippen LogP contribution is 2.36. The van der Waals surface area contributed by atoms with Crippen LogP contribution in [0.3, 0.4) is 0 Å². The molecule has 2 aromatic heterocycles. The number of hydrogen-bond donors (Lipinski definition) is 0. The summed E-state index contributed by atoms with van der Waals surface area (Å²) in [4.78, 5) is 32.9. The van der Waals surface area contributed by atoms with Crippen LogP contribution < -0.4 is 5.56 Å². The summed E-state index contributed by atoms with van der Waals surface area (Å²) in [5, 5.41) is 3.19. The van der Waals surface area contributed by atoms with Crippen molar-refractivity contribution in [3.05, 3.63) is 63.3 Å². The fourth-order valence-corrected chi connectivity index (χ4v) is 5.60. The van der Waals surface area contributed by atoms with Crippen molar-refractivity contribution in [3.8, 4) is 0 Å². The van der Waals surface area contributed by atoms with E-state index in [0.717, 1.165) is 25.3 Å². The molecule has 3 heterocycles. The Morgan fingerprint density at radius 3 is 2.93 bits per heavy atom. The predicted molar refractivity (Wildman–Crippen MR) is 111 cm³/mol. The first-order valence-electron chi connectivity index (χ1n) is 9.09. The monoisotopic (exact) mass is 399 g/mol. The molecule has 1 amide bonds. The molecule has 0 bridgehead atoms. The van der Waals surface area contributed by atoms with Gasteiger partial charge in [-0.25, -0.2) is 4.98 Å². The van der Waals surface area contributed by atoms with E-state index < -0.39 is 0 Å². The summed E-state index contributed by atoms with van der Waals surface area (Å²) in [6, 6.07) is 11.6. The maximum absolute atomic E-state index is 12.7. The number of benzene rings is 1. The zero-order chi connectivity index (χ0) is 18.6. The van der Waals surface area contributed by atoms with E-state index >= 15 is 0 Å². The number of thioether (sulfide) groups is 1. The highest BCUT2D eigenvalue weighted by atomic mass is 32.2. The highest BCUT2D eigenvalue weighted by Gasteiger charge is 2.22. The lowest BCUT2D eigenvalue weighted by Gasteiger charge is -2.20. The van der Waals surface area contributed by atoms with Gasteiger partial charge in [0.2, 0.25) is 5.91 Å². The standard InChI is InChI=1S/C20H21N3O2S2/c24-19(22-9-7-18(27-13-11-22)17-6-3-12-26-17)8-10-23-14-21-16-5-2-1-4-15(16)20(23)25/h1-6,12,14,18H,7-11,13H2/t18-/m1/s1. The molecule has 1 saturated heterocycles. The third-order valence-corrected chi connectivity index (χ3v) is 7.30. The summed E-state index contributed by atoms with van der Waals surface area (Å²) in [5.74, 6) is 1.06. The van der Waals surface area contributed by atoms with Gasteiger partial charge in [-0.15, -0.1) is 11.3 Å². The number of aryl methyl sites for hydroxylation is 1. The molecule has 27 heavy (non-hydrogen) atoms. The van der Waals surface area contributed by atoms with Gasteiger partial charge in [0.25, 0.3) is 5.56 Å². The first-order chi connectivity index (χ1) is 13.2. The number of fused-ring (bicyclic) bond motifs is 1. The molecule has 1 aliphatic heterocycles. The van der Waals surface area contributed by atoms with Crippen LogP contribution in [0.2, 0.25) is 0 Å². The number of rotatable bonds is 4. The number of para-hydroxylation sites is 1. The van der Waals surface area contributed by atoms with Crippen LogP contribution in [0.5, 0.6) is 0 Å². The van der Waals surface area contributed by atoms with Gasteiger partial charge in [-0.05, 0) is 30.0 Å². The average Bonchev–Trinajstić information content (AvgIpc) is 3.12. The summed E-state index contributed by atoms with van der Waals surface area (Å²) in [6.45, 7) is 1.92. The number of carbonyl (C=O) groups excluding carboxylic acids is 1. The summed E-state index contributed by atoms with van der Waals surface area (Å²) in [5.41, 5.74) is 0.604. The van der Waals surface area contributed by atoms with E-state index in [2.05, 4.69) is 22.5 Å². The Morgan fingerprint density at radius 2 is 2.07 bits per heavy atom. The zero-order valence-corrected chi connectivity index (χ0v) is 16.5. The van der Waals surface area contributed by atoms with Crippen molar-refractivity contribution in [2.45, 2.75) is 24.6 Å². The first-order valence-corrected chi connectivity index (χ1v) is 11.0. The van der Waals surface area contributed by atoms with Crippen molar-refractivity contribution in [2.75, 3.05) is 18.8 Å². The summed E-state index contributed by atoms with van der Waals surface area (Å²) in [7, 11) is 0. The second-order valence-electron chi connectivity index (χ2n) is 6.55. The van der Waals surface area contributed by atoms with Crippen LogP contribution in [-0.4, -0.2) is 39.2 Å². The smallest absolute Gasteiger partial charge is 0.261 e. The van der Waals surface area contributed by atoms with Crippen molar-refractivity contribution in [1.29, 1.82) is 0 Å². The largest absolute Gasteiger partial charge is 0.342 e. The minimum absolute atomic E-state index is 0.0856. The van der Waals surface area contributed by atoms with E-state index in [1.165, 1.54) is 4.88 Å². The minimum atomic E-state index is -0.0856. The Hall–Kier alpha value is -2.12. The van der Waals surface area contributed by atoms with Crippen LogP contribution in [0.25, 0.3) is 10.9 Å². The summed E-state index contributed by atoms with van der Waals surface area (Å²) >= 11 is 3.72. The molecule has 1 atom stereocenters. The minimum Gasteiger partial charge on any atom is -0.342 e. The maximum atomic E-state index is 12.7. The van der Waals surface area contributed by atoms with Crippen molar-refractivity contribution in [1.82, 2.24) is 14.5 Å². The molecule has 3 aromatic rings. The Labute approximate surface area is 166 Å². The Bertz CT molecular complexity index is 984. The number of amides is 1. The second-order valence-corrected chi connectivity index (χ2v) is 8.84. The van der Waals surface area contributed by atoms with Crippen molar-refractivity contribution < 1.29 is 4.79 Å². The lowest BCUT2D eigenvalue weighted by molar-refractivity contribution is -0.131. The fraction of sp³-hybridized carbons (Fsp3) is 0.350. The van der Waals surface area contributed by atoms with Gasteiger partial charge in [0, 0.05) is 41.9 Å². The molecular formula is C20H21N3O2S2. The molecule has 140 valence electrons. The molecule has 4 rings (SSSR count). The Morgan fingerprint density at radius 1 is 1.19 bits per heavy atom. The van der Waals surface area contributed by atoms with Gasteiger partial charge < -0.3 is 4.90 Å². The van der Waals surface area contributed by atoms with E-state index in [9.17, 15) is 9.59 Å². The van der Waals surface area contributed by atoms with Crippen molar-refractivity contribution >= 4 is 39.9 Å². The van der Waals surface area contributed by atoms with E-state index in [-0.39, 0.29) is 11.5 Å². The molecule has 5 nitrogen and oxygen atoms in total. The predicted octanol–water partition coefficient (Wildman–Crippen LogP) is 3.55. The molecule has 0 spiro atoms. The third-order valence-electron chi connectivity index (χ3n) is 4.85. The lowest BCUT2D eigenvalue weighted by Crippen LogP contribution is -2.34.